The lowest BCUT2D eigenvalue weighted by Crippen LogP contribution is -1.93. The largest absolute Gasteiger partial charge is 0.449 e. The summed E-state index contributed by atoms with van der Waals surface area (Å²) >= 11 is 13.4. The monoisotopic (exact) mass is 732 g/mol. The first-order valence-corrected chi connectivity index (χ1v) is 13.0. The van der Waals surface area contributed by atoms with Crippen LogP contribution in [0.25, 0.3) is 0 Å². The van der Waals surface area contributed by atoms with Gasteiger partial charge in [-0.25, -0.2) is 13.6 Å². The number of carbonyl (C=O) groups excluding carboxylic acids is 1. The number of carbonyl (C=O) groups is 1. The second kappa shape index (κ2) is 18.8. The highest BCUT2D eigenvalue weighted by atomic mass is 127. The molecule has 0 fully saturated rings. The van der Waals surface area contributed by atoms with Gasteiger partial charge in [0.25, 0.3) is 0 Å². The van der Waals surface area contributed by atoms with Crippen molar-refractivity contribution in [2.24, 2.45) is 0 Å². The fourth-order valence-electron chi connectivity index (χ4n) is 1.88. The Bertz CT molecular complexity index is 997. The predicted octanol–water partition coefficient (Wildman–Crippen LogP) is 9.19. The van der Waals surface area contributed by atoms with Crippen molar-refractivity contribution < 1.29 is 18.3 Å². The van der Waals surface area contributed by atoms with Gasteiger partial charge >= 0.3 is 5.43 Å². The van der Waals surface area contributed by atoms with Crippen LogP contribution in [0.1, 0.15) is 19.4 Å². The third-order valence-electron chi connectivity index (χ3n) is 3.35. The Labute approximate surface area is 235 Å². The zero-order chi connectivity index (χ0) is 26.1. The molecule has 0 unspecified atom stereocenters. The molecule has 0 radical (unpaired) electrons. The summed E-state index contributed by atoms with van der Waals surface area (Å²) in [6, 6.07) is 18.7. The van der Waals surface area contributed by atoms with Gasteiger partial charge in [0.05, 0.1) is 8.95 Å². The van der Waals surface area contributed by atoms with E-state index in [2.05, 4.69) is 78.4 Å². The lowest BCUT2D eigenvalue weighted by Gasteiger charge is -1.99. The van der Waals surface area contributed by atoms with Gasteiger partial charge in [-0.15, -0.1) is 0 Å². The van der Waals surface area contributed by atoms with Crippen LogP contribution < -0.4 is 11.1 Å². The number of rotatable bonds is 3. The molecule has 34 heavy (non-hydrogen) atoms. The molecule has 3 N–H and O–H groups in total. The van der Waals surface area contributed by atoms with E-state index in [1.165, 1.54) is 12.1 Å². The Balaban J connectivity index is 0.000000447. The van der Waals surface area contributed by atoms with Gasteiger partial charge in [0.1, 0.15) is 18.2 Å². The van der Waals surface area contributed by atoms with Crippen LogP contribution in [0.2, 0.25) is 0 Å². The van der Waals surface area contributed by atoms with E-state index >= 15 is 0 Å². The van der Waals surface area contributed by atoms with Crippen molar-refractivity contribution in [3.63, 3.8) is 0 Å². The molecule has 0 saturated heterocycles. The van der Waals surface area contributed by atoms with E-state index in [1.807, 2.05) is 30.3 Å². The standard InChI is InChI=1S/C8H7ClO2.C7H7BrFN.C6H5BrFN.C3H7I/c9-8(10)11-6-7-4-2-1-3-5-7;1-10-5-2-3-6(8)7(9)4-5;7-5-2-1-4(9)3-6(5)8;1-3(2)4/h1-5H,6H2;2-4,10H,1H3;1-3H,9H2;3H,1-2H3. The summed E-state index contributed by atoms with van der Waals surface area (Å²) < 4.78 is 31.4. The molecule has 186 valence electrons. The van der Waals surface area contributed by atoms with Crippen molar-refractivity contribution in [3.8, 4) is 0 Å². The minimum atomic E-state index is -0.770. The molecule has 3 aromatic carbocycles. The average molecular weight is 735 g/mol. The van der Waals surface area contributed by atoms with E-state index in [1.54, 1.807) is 31.3 Å². The first-order valence-electron chi connectivity index (χ1n) is 9.79. The highest BCUT2D eigenvalue weighted by Gasteiger charge is 1.98. The van der Waals surface area contributed by atoms with Crippen molar-refractivity contribution in [1.29, 1.82) is 0 Å². The predicted molar refractivity (Wildman–Crippen MR) is 154 cm³/mol. The number of alkyl halides is 1. The molecule has 0 spiro atoms. The van der Waals surface area contributed by atoms with E-state index < -0.39 is 5.43 Å². The van der Waals surface area contributed by atoms with E-state index in [4.69, 9.17) is 17.3 Å². The molecule has 0 heterocycles. The van der Waals surface area contributed by atoms with E-state index in [0.29, 0.717) is 14.6 Å². The molecule has 3 aromatic rings. The minimum absolute atomic E-state index is 0.239. The molecule has 0 saturated carbocycles. The van der Waals surface area contributed by atoms with Gasteiger partial charge in [0, 0.05) is 33.9 Å². The van der Waals surface area contributed by atoms with E-state index in [0.717, 1.165) is 15.2 Å². The number of anilines is 2. The summed E-state index contributed by atoms with van der Waals surface area (Å²) in [5.41, 5.74) is 6.65. The third-order valence-corrected chi connectivity index (χ3v) is 4.74. The van der Waals surface area contributed by atoms with Gasteiger partial charge in [-0.05, 0) is 73.8 Å². The topological polar surface area (TPSA) is 64.3 Å². The number of hydrogen-bond acceptors (Lipinski definition) is 4. The minimum Gasteiger partial charge on any atom is -0.449 e. The number of halogens is 6. The summed E-state index contributed by atoms with van der Waals surface area (Å²) in [5.74, 6) is -0.568. The van der Waals surface area contributed by atoms with Gasteiger partial charge in [0.2, 0.25) is 0 Å². The maximum atomic E-state index is 12.7. The number of hydrogen-bond donors (Lipinski definition) is 2. The van der Waals surface area contributed by atoms with Gasteiger partial charge < -0.3 is 15.8 Å². The normalized spacial score (nSPS) is 9.35. The smallest absolute Gasteiger partial charge is 0.404 e. The van der Waals surface area contributed by atoms with Gasteiger partial charge in [-0.3, -0.25) is 0 Å². The van der Waals surface area contributed by atoms with Crippen molar-refractivity contribution in [2.45, 2.75) is 24.4 Å². The van der Waals surface area contributed by atoms with Crippen LogP contribution in [0.5, 0.6) is 0 Å². The molecular weight excluding hydrogens is 708 g/mol. The van der Waals surface area contributed by atoms with Crippen LogP contribution in [-0.2, 0) is 11.3 Å². The number of ether oxygens (including phenoxy) is 1. The van der Waals surface area contributed by atoms with Gasteiger partial charge in [0.15, 0.2) is 0 Å². The quantitative estimate of drug-likeness (QED) is 0.122. The lowest BCUT2D eigenvalue weighted by atomic mass is 10.2. The Hall–Kier alpha value is -1.43. The fraction of sp³-hybridized carbons (Fsp3) is 0.208. The number of nitrogens with two attached hydrogens (primary N) is 1. The molecule has 3 rings (SSSR count). The molecule has 4 nitrogen and oxygen atoms in total. The van der Waals surface area contributed by atoms with E-state index in [9.17, 15) is 13.6 Å². The molecule has 0 aliphatic heterocycles. The van der Waals surface area contributed by atoms with Crippen molar-refractivity contribution >= 4 is 82.9 Å². The second-order valence-electron chi connectivity index (χ2n) is 6.58. The van der Waals surface area contributed by atoms with E-state index in [-0.39, 0.29) is 18.2 Å². The third kappa shape index (κ3) is 17.1. The Morgan fingerprint density at radius 2 is 1.53 bits per heavy atom. The molecule has 0 aromatic heterocycles. The zero-order valence-electron chi connectivity index (χ0n) is 18.8. The molecule has 0 atom stereocenters. The summed E-state index contributed by atoms with van der Waals surface area (Å²) in [6.07, 6.45) is 0. The number of nitrogen functional groups attached to an aromatic ring is 1. The maximum absolute atomic E-state index is 12.7. The maximum Gasteiger partial charge on any atom is 0.404 e. The second-order valence-corrected chi connectivity index (χ2v) is 11.1. The number of benzene rings is 3. The SMILES string of the molecule is CC(C)I.CNc1ccc(Br)c(F)c1.Nc1ccc(Br)c(F)c1.O=C(Cl)OCc1ccccc1. The Kier molecular flexibility index (Phi) is 18.0. The lowest BCUT2D eigenvalue weighted by molar-refractivity contribution is 0.167. The Morgan fingerprint density at radius 3 is 1.94 bits per heavy atom. The van der Waals surface area contributed by atoms with Crippen LogP contribution in [-0.4, -0.2) is 16.4 Å². The fourth-order valence-corrected chi connectivity index (χ4v) is 2.43. The highest BCUT2D eigenvalue weighted by Crippen LogP contribution is 2.18. The number of nitrogens with one attached hydrogen (secondary N) is 1. The summed E-state index contributed by atoms with van der Waals surface area (Å²) in [5, 5.41) is 2.83. The van der Waals surface area contributed by atoms with Crippen LogP contribution in [0.4, 0.5) is 25.0 Å². The van der Waals surface area contributed by atoms with Crippen LogP contribution >= 0.6 is 66.1 Å². The molecule has 0 bridgehead atoms. The summed E-state index contributed by atoms with van der Waals surface area (Å²) in [6.45, 7) is 4.55. The van der Waals surface area contributed by atoms with Gasteiger partial charge in [-0.1, -0.05) is 66.8 Å². The first-order chi connectivity index (χ1) is 16.0. The molecule has 10 heteroatoms. The van der Waals surface area contributed by atoms with Crippen molar-refractivity contribution in [2.75, 3.05) is 18.1 Å². The van der Waals surface area contributed by atoms with Crippen molar-refractivity contribution in [3.05, 3.63) is 92.9 Å². The Morgan fingerprint density at radius 1 is 1.03 bits per heavy atom. The average Bonchev–Trinajstić information content (AvgIpc) is 2.78. The summed E-state index contributed by atoms with van der Waals surface area (Å²) in [4.78, 5) is 10.2. The molecule has 0 aliphatic carbocycles. The van der Waals surface area contributed by atoms with Crippen LogP contribution in [0.15, 0.2) is 75.7 Å². The molecule has 0 aliphatic rings. The van der Waals surface area contributed by atoms with Gasteiger partial charge in [-0.2, -0.15) is 0 Å². The van der Waals surface area contributed by atoms with Crippen LogP contribution in [0.3, 0.4) is 0 Å². The highest BCUT2D eigenvalue weighted by molar-refractivity contribution is 14.1. The summed E-state index contributed by atoms with van der Waals surface area (Å²) in [7, 11) is 1.75. The first kappa shape index (κ1) is 32.6. The van der Waals surface area contributed by atoms with Crippen LogP contribution in [0, 0.1) is 11.6 Å². The zero-order valence-corrected chi connectivity index (χ0v) is 24.9. The molecular formula is C24H26Br2ClF2IN2O2. The van der Waals surface area contributed by atoms with Crippen molar-refractivity contribution in [1.82, 2.24) is 0 Å². The molecule has 0 amide bonds.